The number of nitrogens with one attached hydrogen (secondary N) is 1. The van der Waals surface area contributed by atoms with E-state index in [4.69, 9.17) is 4.74 Å². The number of amides is 1. The van der Waals surface area contributed by atoms with Gasteiger partial charge in [-0.05, 0) is 43.5 Å². The minimum absolute atomic E-state index is 0.0605. The second-order valence-electron chi connectivity index (χ2n) is 7.10. The molecule has 2 rings (SSSR count). The lowest BCUT2D eigenvalue weighted by Crippen LogP contribution is -2.50. The summed E-state index contributed by atoms with van der Waals surface area (Å²) in [4.78, 5) is 23.2. The predicted molar refractivity (Wildman–Crippen MR) is 119 cm³/mol. The van der Waals surface area contributed by atoms with Gasteiger partial charge in [-0.3, -0.25) is 19.2 Å². The minimum atomic E-state index is -3.88. The molecule has 0 aliphatic carbocycles. The number of carbonyl (C=O) groups excluding carboxylic acids is 1. The molecule has 0 saturated carbocycles. The molecule has 1 unspecified atom stereocenters. The normalized spacial score (nSPS) is 12.1. The summed E-state index contributed by atoms with van der Waals surface area (Å²) in [5.41, 5.74) is 1.90. The second-order valence-corrected chi connectivity index (χ2v) is 8.96. The van der Waals surface area contributed by atoms with Crippen LogP contribution in [-0.4, -0.2) is 44.7 Å². The molecule has 0 aliphatic heterocycles. The lowest BCUT2D eigenvalue weighted by atomic mass is 10.1. The molecule has 0 bridgehead atoms. The summed E-state index contributed by atoms with van der Waals surface area (Å²) < 4.78 is 31.5. The first kappa shape index (κ1) is 24.1. The van der Waals surface area contributed by atoms with E-state index in [9.17, 15) is 23.3 Å². The summed E-state index contributed by atoms with van der Waals surface area (Å²) in [5.74, 6) is 0.208. The number of non-ortho nitro benzene ring substituents is 1. The van der Waals surface area contributed by atoms with Crippen molar-refractivity contribution in [2.45, 2.75) is 33.2 Å². The maximum Gasteiger partial charge on any atom is 0.271 e. The van der Waals surface area contributed by atoms with Gasteiger partial charge in [-0.15, -0.1) is 0 Å². The van der Waals surface area contributed by atoms with E-state index in [0.717, 1.165) is 33.5 Å². The van der Waals surface area contributed by atoms with Gasteiger partial charge in [-0.2, -0.15) is 0 Å². The quantitative estimate of drug-likeness (QED) is 0.338. The molecule has 2 aromatic rings. The van der Waals surface area contributed by atoms with Crippen molar-refractivity contribution in [1.82, 2.24) is 5.32 Å². The van der Waals surface area contributed by atoms with Gasteiger partial charge in [-0.1, -0.05) is 25.1 Å². The van der Waals surface area contributed by atoms with E-state index in [1.165, 1.54) is 18.2 Å². The number of benzene rings is 2. The Morgan fingerprint density at radius 1 is 1.23 bits per heavy atom. The largest absolute Gasteiger partial charge is 0.491 e. The van der Waals surface area contributed by atoms with Crippen molar-refractivity contribution in [3.05, 3.63) is 63.7 Å². The van der Waals surface area contributed by atoms with Gasteiger partial charge in [0.25, 0.3) is 5.69 Å². The van der Waals surface area contributed by atoms with Gasteiger partial charge in [0.15, 0.2) is 0 Å². The molecule has 0 aliphatic rings. The molecule has 31 heavy (non-hydrogen) atoms. The van der Waals surface area contributed by atoms with E-state index >= 15 is 0 Å². The number of hydrogen-bond donors (Lipinski definition) is 1. The highest BCUT2D eigenvalue weighted by molar-refractivity contribution is 7.92. The number of ether oxygens (including phenoxy) is 1. The first-order valence-electron chi connectivity index (χ1n) is 9.76. The summed E-state index contributed by atoms with van der Waals surface area (Å²) in [6.07, 6.45) is 1.14. The average Bonchev–Trinajstić information content (AvgIpc) is 2.71. The Hall–Kier alpha value is -3.14. The fourth-order valence-corrected chi connectivity index (χ4v) is 4.34. The van der Waals surface area contributed by atoms with Crippen molar-refractivity contribution >= 4 is 27.3 Å². The van der Waals surface area contributed by atoms with Gasteiger partial charge in [0.1, 0.15) is 18.4 Å². The molecule has 1 atom stereocenters. The molecule has 0 fully saturated rings. The maximum absolute atomic E-state index is 12.8. The number of aryl methyl sites for hydroxylation is 1. The monoisotopic (exact) mass is 449 g/mol. The molecule has 168 valence electrons. The van der Waals surface area contributed by atoms with E-state index in [1.807, 2.05) is 32.0 Å². The van der Waals surface area contributed by atoms with Crippen LogP contribution in [0, 0.1) is 24.0 Å². The first-order valence-corrected chi connectivity index (χ1v) is 11.6. The third-order valence-electron chi connectivity index (χ3n) is 4.84. The molecular weight excluding hydrogens is 422 g/mol. The Morgan fingerprint density at radius 3 is 2.52 bits per heavy atom. The Kier molecular flexibility index (Phi) is 7.98. The average molecular weight is 450 g/mol. The number of anilines is 1. The first-order chi connectivity index (χ1) is 14.6. The van der Waals surface area contributed by atoms with Gasteiger partial charge in [-0.25, -0.2) is 8.42 Å². The van der Waals surface area contributed by atoms with Crippen LogP contribution >= 0.6 is 0 Å². The number of nitro groups is 1. The van der Waals surface area contributed by atoms with Crippen molar-refractivity contribution in [3.8, 4) is 5.75 Å². The van der Waals surface area contributed by atoms with Crippen LogP contribution in [0.2, 0.25) is 0 Å². The SMILES string of the molecule is CCC(C(=O)NCCOc1cccc(C)c1C)N(c1cccc([N+](=O)[O-])c1)S(C)(=O)=O. The Morgan fingerprint density at radius 2 is 1.90 bits per heavy atom. The topological polar surface area (TPSA) is 119 Å². The molecule has 0 heterocycles. The Balaban J connectivity index is 2.13. The maximum atomic E-state index is 12.8. The number of sulfonamides is 1. The zero-order valence-electron chi connectivity index (χ0n) is 18.0. The Bertz CT molecular complexity index is 1050. The number of rotatable bonds is 10. The van der Waals surface area contributed by atoms with Crippen LogP contribution in [0.4, 0.5) is 11.4 Å². The molecule has 0 spiro atoms. The van der Waals surface area contributed by atoms with Crippen molar-refractivity contribution in [1.29, 1.82) is 0 Å². The lowest BCUT2D eigenvalue weighted by molar-refractivity contribution is -0.384. The summed E-state index contributed by atoms with van der Waals surface area (Å²) in [5, 5.41) is 13.8. The molecule has 1 amide bonds. The molecular formula is C21H27N3O6S. The van der Waals surface area contributed by atoms with Gasteiger partial charge in [0, 0.05) is 12.1 Å². The third-order valence-corrected chi connectivity index (χ3v) is 6.02. The molecule has 10 heteroatoms. The smallest absolute Gasteiger partial charge is 0.271 e. The van der Waals surface area contributed by atoms with Gasteiger partial charge >= 0.3 is 0 Å². The molecule has 0 radical (unpaired) electrons. The fraction of sp³-hybridized carbons (Fsp3) is 0.381. The zero-order chi connectivity index (χ0) is 23.2. The van der Waals surface area contributed by atoms with Crippen LogP contribution in [0.25, 0.3) is 0 Å². The molecule has 0 aromatic heterocycles. The third kappa shape index (κ3) is 6.17. The summed E-state index contributed by atoms with van der Waals surface area (Å²) in [7, 11) is -3.88. The van der Waals surface area contributed by atoms with Crippen molar-refractivity contribution < 1.29 is 22.9 Å². The minimum Gasteiger partial charge on any atom is -0.491 e. The summed E-state index contributed by atoms with van der Waals surface area (Å²) in [6.45, 7) is 5.98. The van der Waals surface area contributed by atoms with Crippen LogP contribution in [0.5, 0.6) is 5.75 Å². The highest BCUT2D eigenvalue weighted by atomic mass is 32.2. The number of hydrogen-bond acceptors (Lipinski definition) is 6. The van der Waals surface area contributed by atoms with Gasteiger partial charge in [0.2, 0.25) is 15.9 Å². The van der Waals surface area contributed by atoms with E-state index in [2.05, 4.69) is 5.32 Å². The number of nitrogens with zero attached hydrogens (tertiary/aromatic N) is 2. The van der Waals surface area contributed by atoms with E-state index in [0.29, 0.717) is 0 Å². The van der Waals surface area contributed by atoms with Crippen LogP contribution < -0.4 is 14.4 Å². The molecule has 9 nitrogen and oxygen atoms in total. The van der Waals surface area contributed by atoms with E-state index in [-0.39, 0.29) is 30.9 Å². The van der Waals surface area contributed by atoms with Crippen molar-refractivity contribution in [2.24, 2.45) is 0 Å². The summed E-state index contributed by atoms with van der Waals surface area (Å²) in [6, 6.07) is 9.85. The van der Waals surface area contributed by atoms with E-state index in [1.54, 1.807) is 6.92 Å². The van der Waals surface area contributed by atoms with Gasteiger partial charge in [0.05, 0.1) is 23.4 Å². The zero-order valence-corrected chi connectivity index (χ0v) is 18.8. The molecule has 1 N–H and O–H groups in total. The number of carbonyl (C=O) groups is 1. The standard InChI is InChI=1S/C21H27N3O6S/c1-5-19(21(25)22-12-13-30-20-11-6-8-15(2)16(20)3)23(31(4,28)29)17-9-7-10-18(14-17)24(26)27/h6-11,14,19H,5,12-13H2,1-4H3,(H,22,25). The summed E-state index contributed by atoms with van der Waals surface area (Å²) >= 11 is 0. The lowest BCUT2D eigenvalue weighted by Gasteiger charge is -2.30. The second kappa shape index (κ2) is 10.3. The van der Waals surface area contributed by atoms with Crippen LogP contribution in [0.3, 0.4) is 0 Å². The highest BCUT2D eigenvalue weighted by Gasteiger charge is 2.32. The van der Waals surface area contributed by atoms with Crippen molar-refractivity contribution in [3.63, 3.8) is 0 Å². The molecule has 0 saturated heterocycles. The molecule has 2 aromatic carbocycles. The predicted octanol–water partition coefficient (Wildman–Crippen LogP) is 2.95. The van der Waals surface area contributed by atoms with Crippen LogP contribution in [0.1, 0.15) is 24.5 Å². The van der Waals surface area contributed by atoms with Gasteiger partial charge < -0.3 is 10.1 Å². The highest BCUT2D eigenvalue weighted by Crippen LogP contribution is 2.26. The fourth-order valence-electron chi connectivity index (χ4n) is 3.14. The van der Waals surface area contributed by atoms with Crippen LogP contribution in [0.15, 0.2) is 42.5 Å². The van der Waals surface area contributed by atoms with E-state index < -0.39 is 26.9 Å². The van der Waals surface area contributed by atoms with Crippen LogP contribution in [-0.2, 0) is 14.8 Å². The number of nitro benzene ring substituents is 1. The van der Waals surface area contributed by atoms with Crippen molar-refractivity contribution in [2.75, 3.05) is 23.7 Å². The Labute approximate surface area is 182 Å².